The largest absolute Gasteiger partial charge is 0.451 e. The third-order valence-corrected chi connectivity index (χ3v) is 3.90. The van der Waals surface area contributed by atoms with Crippen LogP contribution in [0.3, 0.4) is 0 Å². The molecule has 0 atom stereocenters. The van der Waals surface area contributed by atoms with E-state index >= 15 is 0 Å². The summed E-state index contributed by atoms with van der Waals surface area (Å²) in [4.78, 5) is 27.6. The Balaban J connectivity index is 1.81. The van der Waals surface area contributed by atoms with Crippen molar-refractivity contribution < 1.29 is 14.3 Å². The zero-order valence-corrected chi connectivity index (χ0v) is 14.4. The fourth-order valence-corrected chi connectivity index (χ4v) is 2.50. The van der Waals surface area contributed by atoms with Crippen LogP contribution in [0.4, 0.5) is 10.8 Å². The number of aromatic nitrogens is 1. The Morgan fingerprint density at radius 2 is 2.09 bits per heavy atom. The topological polar surface area (TPSA) is 80.3 Å². The molecule has 2 rings (SSSR count). The Bertz CT molecular complexity index is 700. The van der Waals surface area contributed by atoms with Gasteiger partial charge in [-0.2, -0.15) is 0 Å². The molecule has 1 amide bonds. The lowest BCUT2D eigenvalue weighted by atomic mass is 10.3. The zero-order chi connectivity index (χ0) is 16.7. The third-order valence-electron chi connectivity index (χ3n) is 2.57. The van der Waals surface area contributed by atoms with Gasteiger partial charge in [0, 0.05) is 22.1 Å². The van der Waals surface area contributed by atoms with Crippen LogP contribution >= 0.6 is 27.3 Å². The summed E-state index contributed by atoms with van der Waals surface area (Å²) in [7, 11) is 0. The minimum Gasteiger partial charge on any atom is -0.451 e. The van der Waals surface area contributed by atoms with Crippen molar-refractivity contribution >= 4 is 50.0 Å². The molecular weight excluding hydrogens is 382 g/mol. The number of benzene rings is 1. The highest BCUT2D eigenvalue weighted by molar-refractivity contribution is 9.10. The second-order valence-corrected chi connectivity index (χ2v) is 6.11. The number of rotatable bonds is 7. The van der Waals surface area contributed by atoms with Crippen molar-refractivity contribution in [3.63, 3.8) is 0 Å². The summed E-state index contributed by atoms with van der Waals surface area (Å²) >= 11 is 4.59. The lowest BCUT2D eigenvalue weighted by Gasteiger charge is -2.05. The summed E-state index contributed by atoms with van der Waals surface area (Å²) in [5.74, 6) is -1.06. The Labute approximate surface area is 145 Å². The van der Waals surface area contributed by atoms with Crippen LogP contribution in [0.5, 0.6) is 0 Å². The normalized spacial score (nSPS) is 9.96. The van der Waals surface area contributed by atoms with E-state index in [-0.39, 0.29) is 12.3 Å². The van der Waals surface area contributed by atoms with Gasteiger partial charge < -0.3 is 15.4 Å². The lowest BCUT2D eigenvalue weighted by molar-refractivity contribution is -0.119. The van der Waals surface area contributed by atoms with Crippen molar-refractivity contribution in [1.82, 2.24) is 4.98 Å². The molecule has 1 aromatic carbocycles. The zero-order valence-electron chi connectivity index (χ0n) is 12.0. The minimum atomic E-state index is -0.640. The van der Waals surface area contributed by atoms with Crippen LogP contribution in [0.1, 0.15) is 10.5 Å². The molecule has 8 heteroatoms. The van der Waals surface area contributed by atoms with Gasteiger partial charge in [0.05, 0.1) is 0 Å². The van der Waals surface area contributed by atoms with Crippen LogP contribution in [0.15, 0.2) is 46.8 Å². The quantitative estimate of drug-likeness (QED) is 0.555. The van der Waals surface area contributed by atoms with Crippen molar-refractivity contribution in [3.05, 3.63) is 52.5 Å². The number of amides is 1. The van der Waals surface area contributed by atoms with E-state index in [1.54, 1.807) is 35.7 Å². The van der Waals surface area contributed by atoms with Crippen molar-refractivity contribution in [2.24, 2.45) is 0 Å². The molecule has 2 N–H and O–H groups in total. The molecule has 6 nitrogen and oxygen atoms in total. The molecular formula is C15H14BrN3O3S. The highest BCUT2D eigenvalue weighted by Gasteiger charge is 2.14. The first-order chi connectivity index (χ1) is 11.1. The number of thiazole rings is 1. The molecule has 0 bridgehead atoms. The van der Waals surface area contributed by atoms with Crippen molar-refractivity contribution in [1.29, 1.82) is 0 Å². The smallest absolute Gasteiger partial charge is 0.358 e. The van der Waals surface area contributed by atoms with Crippen molar-refractivity contribution in [3.8, 4) is 0 Å². The van der Waals surface area contributed by atoms with E-state index in [0.29, 0.717) is 17.4 Å². The van der Waals surface area contributed by atoms with Crippen molar-refractivity contribution in [2.75, 3.05) is 23.8 Å². The van der Waals surface area contributed by atoms with E-state index in [0.717, 1.165) is 4.47 Å². The molecule has 0 aliphatic rings. The van der Waals surface area contributed by atoms with Gasteiger partial charge in [-0.15, -0.1) is 17.9 Å². The number of carbonyl (C=O) groups excluding carboxylic acids is 2. The lowest BCUT2D eigenvalue weighted by Crippen LogP contribution is -2.21. The van der Waals surface area contributed by atoms with E-state index in [1.165, 1.54) is 11.3 Å². The predicted octanol–water partition coefficient (Wildman–Crippen LogP) is 3.30. The summed E-state index contributed by atoms with van der Waals surface area (Å²) < 4.78 is 5.85. The molecule has 120 valence electrons. The van der Waals surface area contributed by atoms with Gasteiger partial charge in [0.15, 0.2) is 17.4 Å². The van der Waals surface area contributed by atoms with Gasteiger partial charge in [0.25, 0.3) is 5.91 Å². The summed E-state index contributed by atoms with van der Waals surface area (Å²) in [6, 6.07) is 7.08. The number of nitrogens with one attached hydrogen (secondary N) is 2. The molecule has 0 aliphatic carbocycles. The summed E-state index contributed by atoms with van der Waals surface area (Å²) in [5.41, 5.74) is 0.789. The highest BCUT2D eigenvalue weighted by Crippen LogP contribution is 2.16. The number of halogens is 1. The van der Waals surface area contributed by atoms with E-state index < -0.39 is 11.9 Å². The Morgan fingerprint density at radius 1 is 1.35 bits per heavy atom. The monoisotopic (exact) mass is 395 g/mol. The van der Waals surface area contributed by atoms with Crippen LogP contribution < -0.4 is 10.6 Å². The maximum Gasteiger partial charge on any atom is 0.358 e. The Kier molecular flexibility index (Phi) is 6.30. The fraction of sp³-hybridized carbons (Fsp3) is 0.133. The average Bonchev–Trinajstić information content (AvgIpc) is 3.02. The second kappa shape index (κ2) is 8.44. The Morgan fingerprint density at radius 3 is 2.78 bits per heavy atom. The summed E-state index contributed by atoms with van der Waals surface area (Å²) in [6.07, 6.45) is 1.69. The fourth-order valence-electron chi connectivity index (χ4n) is 1.54. The number of esters is 1. The number of ether oxygens (including phenoxy) is 1. The van der Waals surface area contributed by atoms with E-state index in [4.69, 9.17) is 4.74 Å². The van der Waals surface area contributed by atoms with E-state index in [1.807, 2.05) is 0 Å². The van der Waals surface area contributed by atoms with Crippen LogP contribution in [-0.2, 0) is 9.53 Å². The van der Waals surface area contributed by atoms with Crippen LogP contribution in [0, 0.1) is 0 Å². The average molecular weight is 396 g/mol. The van der Waals surface area contributed by atoms with E-state index in [2.05, 4.69) is 38.1 Å². The molecule has 1 aromatic heterocycles. The molecule has 0 fully saturated rings. The van der Waals surface area contributed by atoms with Gasteiger partial charge in [-0.1, -0.05) is 22.0 Å². The Hall–Kier alpha value is -2.19. The maximum atomic E-state index is 11.8. The van der Waals surface area contributed by atoms with Gasteiger partial charge in [0.2, 0.25) is 0 Å². The maximum absolute atomic E-state index is 11.8. The van der Waals surface area contributed by atoms with Crippen LogP contribution in [0.2, 0.25) is 0 Å². The predicted molar refractivity (Wildman–Crippen MR) is 93.9 cm³/mol. The van der Waals surface area contributed by atoms with Gasteiger partial charge in [-0.25, -0.2) is 9.78 Å². The SMILES string of the molecule is C=CCNc1nc(C(=O)OCC(=O)Nc2ccc(Br)cc2)cs1. The molecule has 2 aromatic rings. The van der Waals surface area contributed by atoms with Crippen LogP contribution in [-0.4, -0.2) is 30.0 Å². The molecule has 1 heterocycles. The number of anilines is 2. The molecule has 23 heavy (non-hydrogen) atoms. The minimum absolute atomic E-state index is 0.165. The van der Waals surface area contributed by atoms with Gasteiger partial charge in [-0.3, -0.25) is 4.79 Å². The number of nitrogens with zero attached hydrogens (tertiary/aromatic N) is 1. The first kappa shape index (κ1) is 17.2. The second-order valence-electron chi connectivity index (χ2n) is 4.34. The van der Waals surface area contributed by atoms with Crippen molar-refractivity contribution in [2.45, 2.75) is 0 Å². The first-order valence-corrected chi connectivity index (χ1v) is 8.28. The van der Waals surface area contributed by atoms with Crippen LogP contribution in [0.25, 0.3) is 0 Å². The molecule has 0 saturated carbocycles. The summed E-state index contributed by atoms with van der Waals surface area (Å²) in [5, 5.41) is 7.76. The molecule has 0 aliphatic heterocycles. The first-order valence-electron chi connectivity index (χ1n) is 6.61. The van der Waals surface area contributed by atoms with Gasteiger partial charge in [-0.05, 0) is 24.3 Å². The van der Waals surface area contributed by atoms with E-state index in [9.17, 15) is 9.59 Å². The molecule has 0 radical (unpaired) electrons. The van der Waals surface area contributed by atoms with Gasteiger partial charge >= 0.3 is 5.97 Å². The highest BCUT2D eigenvalue weighted by atomic mass is 79.9. The molecule has 0 saturated heterocycles. The standard InChI is InChI=1S/C15H14BrN3O3S/c1-2-7-17-15-19-12(9-23-15)14(21)22-8-13(20)18-11-5-3-10(16)4-6-11/h2-6,9H,1,7-8H2,(H,17,19)(H,18,20). The number of carbonyl (C=O) groups is 2. The third kappa shape index (κ3) is 5.50. The molecule has 0 unspecified atom stereocenters. The number of hydrogen-bond acceptors (Lipinski definition) is 6. The summed E-state index contributed by atoms with van der Waals surface area (Å²) in [6.45, 7) is 3.76. The number of hydrogen-bond donors (Lipinski definition) is 2. The van der Waals surface area contributed by atoms with Gasteiger partial charge in [0.1, 0.15) is 0 Å². The molecule has 0 spiro atoms.